The van der Waals surface area contributed by atoms with E-state index < -0.39 is 34.3 Å². The molecule has 18 heavy (non-hydrogen) atoms. The SMILES string of the molecule is CCc1ccc([N+](=O)[O-])c(C(C)=O)c1OC(F)F. The molecule has 0 saturated heterocycles. The zero-order valence-corrected chi connectivity index (χ0v) is 9.78. The number of aryl methyl sites for hydroxylation is 1. The van der Waals surface area contributed by atoms with E-state index in [2.05, 4.69) is 4.74 Å². The van der Waals surface area contributed by atoms with Crippen molar-refractivity contribution in [3.05, 3.63) is 33.4 Å². The molecule has 0 fully saturated rings. The van der Waals surface area contributed by atoms with Crippen LogP contribution in [-0.2, 0) is 6.42 Å². The Hall–Kier alpha value is -2.05. The lowest BCUT2D eigenvalue weighted by Crippen LogP contribution is -2.11. The minimum Gasteiger partial charge on any atom is -0.433 e. The van der Waals surface area contributed by atoms with Crippen molar-refractivity contribution >= 4 is 11.5 Å². The molecule has 0 aliphatic carbocycles. The second kappa shape index (κ2) is 5.52. The Morgan fingerprint density at radius 3 is 2.50 bits per heavy atom. The van der Waals surface area contributed by atoms with Crippen molar-refractivity contribution in [2.75, 3.05) is 0 Å². The zero-order chi connectivity index (χ0) is 13.9. The summed E-state index contributed by atoms with van der Waals surface area (Å²) in [5.41, 5.74) is -0.624. The number of rotatable bonds is 5. The van der Waals surface area contributed by atoms with Gasteiger partial charge in [0.05, 0.1) is 4.92 Å². The first kappa shape index (κ1) is 14.0. The number of halogens is 2. The van der Waals surface area contributed by atoms with E-state index in [1.165, 1.54) is 6.07 Å². The Kier molecular flexibility index (Phi) is 4.30. The van der Waals surface area contributed by atoms with Gasteiger partial charge < -0.3 is 4.74 Å². The van der Waals surface area contributed by atoms with E-state index in [0.717, 1.165) is 13.0 Å². The quantitative estimate of drug-likeness (QED) is 0.463. The Bertz CT molecular complexity index is 488. The fourth-order valence-corrected chi connectivity index (χ4v) is 1.61. The summed E-state index contributed by atoms with van der Waals surface area (Å²) in [6.45, 7) is -0.404. The number of benzene rings is 1. The molecule has 1 aromatic rings. The lowest BCUT2D eigenvalue weighted by Gasteiger charge is -2.13. The van der Waals surface area contributed by atoms with Gasteiger partial charge in [0, 0.05) is 6.07 Å². The Labute approximate surface area is 102 Å². The molecule has 1 rings (SSSR count). The van der Waals surface area contributed by atoms with Crippen LogP contribution < -0.4 is 4.74 Å². The van der Waals surface area contributed by atoms with Gasteiger partial charge >= 0.3 is 6.61 Å². The average Bonchev–Trinajstić information content (AvgIpc) is 2.26. The number of carbonyl (C=O) groups excluding carboxylic acids is 1. The zero-order valence-electron chi connectivity index (χ0n) is 9.78. The van der Waals surface area contributed by atoms with Gasteiger partial charge in [0.25, 0.3) is 5.69 Å². The van der Waals surface area contributed by atoms with Gasteiger partial charge in [-0.3, -0.25) is 14.9 Å². The molecule has 0 atom stereocenters. The number of ketones is 1. The molecule has 0 unspecified atom stereocenters. The van der Waals surface area contributed by atoms with Gasteiger partial charge in [0.15, 0.2) is 5.78 Å². The molecular weight excluding hydrogens is 248 g/mol. The molecule has 0 radical (unpaired) electrons. The molecule has 1 aromatic carbocycles. The molecule has 0 aliphatic rings. The van der Waals surface area contributed by atoms with Crippen LogP contribution in [0.3, 0.4) is 0 Å². The largest absolute Gasteiger partial charge is 0.433 e. The molecule has 98 valence electrons. The van der Waals surface area contributed by atoms with E-state index >= 15 is 0 Å². The van der Waals surface area contributed by atoms with Crippen LogP contribution in [0, 0.1) is 10.1 Å². The Morgan fingerprint density at radius 1 is 1.50 bits per heavy atom. The molecule has 5 nitrogen and oxygen atoms in total. The maximum atomic E-state index is 12.3. The first-order valence-corrected chi connectivity index (χ1v) is 5.14. The van der Waals surface area contributed by atoms with Gasteiger partial charge in [0.2, 0.25) is 0 Å². The average molecular weight is 259 g/mol. The fraction of sp³-hybridized carbons (Fsp3) is 0.364. The van der Waals surface area contributed by atoms with Crippen LogP contribution in [0.25, 0.3) is 0 Å². The molecule has 0 spiro atoms. The monoisotopic (exact) mass is 259 g/mol. The number of nitro groups is 1. The van der Waals surface area contributed by atoms with Crippen molar-refractivity contribution in [3.8, 4) is 5.75 Å². The lowest BCUT2D eigenvalue weighted by molar-refractivity contribution is -0.385. The summed E-state index contributed by atoms with van der Waals surface area (Å²) in [5, 5.41) is 10.8. The topological polar surface area (TPSA) is 69.4 Å². The maximum Gasteiger partial charge on any atom is 0.387 e. The van der Waals surface area contributed by atoms with Gasteiger partial charge in [-0.05, 0) is 25.0 Å². The number of Topliss-reactive ketones (excluding diaryl/α,β-unsaturated/α-hetero) is 1. The van der Waals surface area contributed by atoms with Crippen LogP contribution >= 0.6 is 0 Å². The second-order valence-corrected chi connectivity index (χ2v) is 3.49. The summed E-state index contributed by atoms with van der Waals surface area (Å²) in [6, 6.07) is 2.43. The molecule has 0 heterocycles. The lowest BCUT2D eigenvalue weighted by atomic mass is 10.0. The highest BCUT2D eigenvalue weighted by molar-refractivity contribution is 6.01. The molecule has 0 bridgehead atoms. The Morgan fingerprint density at radius 2 is 2.11 bits per heavy atom. The molecule has 0 aromatic heterocycles. The molecule has 0 aliphatic heterocycles. The van der Waals surface area contributed by atoms with Gasteiger partial charge in [-0.1, -0.05) is 6.92 Å². The van der Waals surface area contributed by atoms with E-state index in [0.29, 0.717) is 12.0 Å². The summed E-state index contributed by atoms with van der Waals surface area (Å²) >= 11 is 0. The molecular formula is C11H11F2NO4. The van der Waals surface area contributed by atoms with Crippen molar-refractivity contribution in [3.63, 3.8) is 0 Å². The molecule has 0 saturated carbocycles. The van der Waals surface area contributed by atoms with Crippen LogP contribution in [0.2, 0.25) is 0 Å². The van der Waals surface area contributed by atoms with Crippen molar-refractivity contribution in [2.45, 2.75) is 26.9 Å². The summed E-state index contributed by atoms with van der Waals surface area (Å²) < 4.78 is 28.9. The van der Waals surface area contributed by atoms with Gasteiger partial charge in [-0.2, -0.15) is 8.78 Å². The summed E-state index contributed by atoms with van der Waals surface area (Å²) in [5.74, 6) is -1.10. The van der Waals surface area contributed by atoms with E-state index in [1.807, 2.05) is 0 Å². The molecule has 0 N–H and O–H groups in total. The van der Waals surface area contributed by atoms with E-state index in [1.54, 1.807) is 6.92 Å². The minimum absolute atomic E-state index is 0.320. The smallest absolute Gasteiger partial charge is 0.387 e. The maximum absolute atomic E-state index is 12.3. The number of nitrogens with zero attached hydrogens (tertiary/aromatic N) is 1. The van der Waals surface area contributed by atoms with E-state index in [-0.39, 0.29) is 0 Å². The second-order valence-electron chi connectivity index (χ2n) is 3.49. The van der Waals surface area contributed by atoms with Crippen LogP contribution in [0.4, 0.5) is 14.5 Å². The van der Waals surface area contributed by atoms with Gasteiger partial charge in [0.1, 0.15) is 11.3 Å². The predicted molar refractivity (Wildman–Crippen MR) is 59.1 cm³/mol. The number of ether oxygens (including phenoxy) is 1. The van der Waals surface area contributed by atoms with E-state index in [9.17, 15) is 23.7 Å². The van der Waals surface area contributed by atoms with Crippen LogP contribution in [0.5, 0.6) is 5.75 Å². The standard InChI is InChI=1S/C11H11F2NO4/c1-3-7-4-5-8(14(16)17)9(6(2)15)10(7)18-11(12)13/h4-5,11H,3H2,1-2H3. The summed E-state index contributed by atoms with van der Waals surface area (Å²) in [6.07, 6.45) is 0.320. The van der Waals surface area contributed by atoms with Crippen molar-refractivity contribution in [1.29, 1.82) is 0 Å². The minimum atomic E-state index is -3.14. The van der Waals surface area contributed by atoms with Gasteiger partial charge in [-0.15, -0.1) is 0 Å². The highest BCUT2D eigenvalue weighted by Crippen LogP contribution is 2.34. The van der Waals surface area contributed by atoms with Crippen molar-refractivity contribution < 1.29 is 23.2 Å². The third-order valence-electron chi connectivity index (χ3n) is 2.35. The summed E-state index contributed by atoms with van der Waals surface area (Å²) in [7, 11) is 0. The van der Waals surface area contributed by atoms with Crippen LogP contribution in [-0.4, -0.2) is 17.3 Å². The normalized spacial score (nSPS) is 10.5. The number of hydrogen-bond donors (Lipinski definition) is 0. The first-order valence-electron chi connectivity index (χ1n) is 5.14. The number of nitro benzene ring substituents is 1. The highest BCUT2D eigenvalue weighted by Gasteiger charge is 2.26. The number of hydrogen-bond acceptors (Lipinski definition) is 4. The fourth-order valence-electron chi connectivity index (χ4n) is 1.61. The van der Waals surface area contributed by atoms with Gasteiger partial charge in [-0.25, -0.2) is 0 Å². The molecule has 7 heteroatoms. The predicted octanol–water partition coefficient (Wildman–Crippen LogP) is 2.96. The number of carbonyl (C=O) groups is 1. The van der Waals surface area contributed by atoms with Crippen LogP contribution in [0.1, 0.15) is 29.8 Å². The highest BCUT2D eigenvalue weighted by atomic mass is 19.3. The van der Waals surface area contributed by atoms with E-state index in [4.69, 9.17) is 0 Å². The third-order valence-corrected chi connectivity index (χ3v) is 2.35. The molecule has 0 amide bonds. The Balaban J connectivity index is 3.53. The first-order chi connectivity index (χ1) is 8.38. The number of alkyl halides is 2. The van der Waals surface area contributed by atoms with Crippen molar-refractivity contribution in [1.82, 2.24) is 0 Å². The third kappa shape index (κ3) is 2.79. The van der Waals surface area contributed by atoms with Crippen molar-refractivity contribution in [2.24, 2.45) is 0 Å². The summed E-state index contributed by atoms with van der Waals surface area (Å²) in [4.78, 5) is 21.4. The van der Waals surface area contributed by atoms with Crippen LogP contribution in [0.15, 0.2) is 12.1 Å².